The van der Waals surface area contributed by atoms with Crippen LogP contribution in [0.3, 0.4) is 0 Å². The standard InChI is InChI=1S/C15H31N3/c1-2-3-4-5-6-7-9-14(10-8-11-16)15-17-12-13-18-15/h14H,2-13,16H2,1H3,(H,17,18). The number of nitrogens with zero attached hydrogens (tertiary/aromatic N) is 1. The van der Waals surface area contributed by atoms with E-state index in [0.717, 1.165) is 26.1 Å². The van der Waals surface area contributed by atoms with Crippen LogP contribution >= 0.6 is 0 Å². The van der Waals surface area contributed by atoms with E-state index in [0.29, 0.717) is 5.92 Å². The first-order chi connectivity index (χ1) is 8.88. The zero-order valence-corrected chi connectivity index (χ0v) is 12.1. The predicted octanol–water partition coefficient (Wildman–Crippen LogP) is 3.09. The molecule has 1 aliphatic heterocycles. The molecule has 1 unspecified atom stereocenters. The first-order valence-corrected chi connectivity index (χ1v) is 7.86. The van der Waals surface area contributed by atoms with E-state index in [4.69, 9.17) is 5.73 Å². The van der Waals surface area contributed by atoms with Crippen LogP contribution in [0.15, 0.2) is 4.99 Å². The highest BCUT2D eigenvalue weighted by atomic mass is 15.1. The molecule has 0 saturated heterocycles. The van der Waals surface area contributed by atoms with Gasteiger partial charge in [-0.25, -0.2) is 0 Å². The fraction of sp³-hybridized carbons (Fsp3) is 0.933. The van der Waals surface area contributed by atoms with Gasteiger partial charge in [0, 0.05) is 12.5 Å². The number of rotatable bonds is 11. The summed E-state index contributed by atoms with van der Waals surface area (Å²) in [5.74, 6) is 1.90. The lowest BCUT2D eigenvalue weighted by Gasteiger charge is -2.17. The van der Waals surface area contributed by atoms with E-state index in [1.54, 1.807) is 0 Å². The Kier molecular flexibility index (Phi) is 8.92. The lowest BCUT2D eigenvalue weighted by molar-refractivity contribution is 0.498. The number of unbranched alkanes of at least 4 members (excludes halogenated alkanes) is 5. The van der Waals surface area contributed by atoms with Crippen LogP contribution in [0, 0.1) is 5.92 Å². The lowest BCUT2D eigenvalue weighted by Crippen LogP contribution is -2.27. The number of hydrogen-bond acceptors (Lipinski definition) is 3. The second kappa shape index (κ2) is 10.4. The van der Waals surface area contributed by atoms with Gasteiger partial charge in [-0.15, -0.1) is 0 Å². The third kappa shape index (κ3) is 6.39. The molecule has 0 aliphatic carbocycles. The van der Waals surface area contributed by atoms with E-state index < -0.39 is 0 Å². The van der Waals surface area contributed by atoms with Crippen molar-refractivity contribution in [3.8, 4) is 0 Å². The Morgan fingerprint density at radius 3 is 2.50 bits per heavy atom. The average Bonchev–Trinajstić information content (AvgIpc) is 2.91. The Labute approximate surface area is 113 Å². The topological polar surface area (TPSA) is 50.4 Å². The fourth-order valence-corrected chi connectivity index (χ4v) is 2.64. The van der Waals surface area contributed by atoms with Crippen molar-refractivity contribution in [1.82, 2.24) is 5.32 Å². The van der Waals surface area contributed by atoms with Crippen molar-refractivity contribution in [1.29, 1.82) is 0 Å². The molecule has 0 bridgehead atoms. The molecule has 0 aromatic rings. The van der Waals surface area contributed by atoms with Gasteiger partial charge in [-0.1, -0.05) is 45.4 Å². The largest absolute Gasteiger partial charge is 0.372 e. The summed E-state index contributed by atoms with van der Waals surface area (Å²) in [4.78, 5) is 4.58. The van der Waals surface area contributed by atoms with E-state index in [-0.39, 0.29) is 0 Å². The molecule has 0 aromatic carbocycles. The van der Waals surface area contributed by atoms with Crippen molar-refractivity contribution in [2.75, 3.05) is 19.6 Å². The van der Waals surface area contributed by atoms with Crippen LogP contribution in [-0.4, -0.2) is 25.5 Å². The van der Waals surface area contributed by atoms with Crippen LogP contribution < -0.4 is 11.1 Å². The van der Waals surface area contributed by atoms with Gasteiger partial charge in [-0.05, 0) is 25.8 Å². The van der Waals surface area contributed by atoms with E-state index in [1.807, 2.05) is 0 Å². The van der Waals surface area contributed by atoms with Gasteiger partial charge >= 0.3 is 0 Å². The molecule has 3 nitrogen and oxygen atoms in total. The Morgan fingerprint density at radius 2 is 1.83 bits per heavy atom. The van der Waals surface area contributed by atoms with Crippen LogP contribution in [-0.2, 0) is 0 Å². The molecular formula is C15H31N3. The Morgan fingerprint density at radius 1 is 1.11 bits per heavy atom. The summed E-state index contributed by atoms with van der Waals surface area (Å²) in [6, 6.07) is 0. The van der Waals surface area contributed by atoms with Crippen LogP contribution in [0.25, 0.3) is 0 Å². The van der Waals surface area contributed by atoms with Gasteiger partial charge in [0.25, 0.3) is 0 Å². The molecular weight excluding hydrogens is 222 g/mol. The minimum atomic E-state index is 0.641. The fourth-order valence-electron chi connectivity index (χ4n) is 2.64. The molecule has 0 amide bonds. The normalized spacial score (nSPS) is 16.4. The summed E-state index contributed by atoms with van der Waals surface area (Å²) in [6.07, 6.45) is 11.9. The van der Waals surface area contributed by atoms with Crippen LogP contribution in [0.4, 0.5) is 0 Å². The first kappa shape index (κ1) is 15.5. The second-order valence-electron chi connectivity index (χ2n) is 5.38. The maximum Gasteiger partial charge on any atom is 0.0995 e. The lowest BCUT2D eigenvalue weighted by atomic mass is 9.94. The third-order valence-corrected chi connectivity index (χ3v) is 3.75. The molecule has 0 radical (unpaired) electrons. The van der Waals surface area contributed by atoms with Crippen molar-refractivity contribution in [3.63, 3.8) is 0 Å². The molecule has 18 heavy (non-hydrogen) atoms. The summed E-state index contributed by atoms with van der Waals surface area (Å²) in [5, 5.41) is 3.44. The number of nitrogens with two attached hydrogens (primary N) is 1. The van der Waals surface area contributed by atoms with Crippen LogP contribution in [0.2, 0.25) is 0 Å². The molecule has 1 atom stereocenters. The molecule has 106 valence electrons. The van der Waals surface area contributed by atoms with E-state index >= 15 is 0 Å². The smallest absolute Gasteiger partial charge is 0.0995 e. The van der Waals surface area contributed by atoms with Gasteiger partial charge in [0.15, 0.2) is 0 Å². The Bertz CT molecular complexity index is 226. The molecule has 0 spiro atoms. The quantitative estimate of drug-likeness (QED) is 0.556. The highest BCUT2D eigenvalue weighted by Crippen LogP contribution is 2.18. The summed E-state index contributed by atoms with van der Waals surface area (Å²) in [7, 11) is 0. The van der Waals surface area contributed by atoms with Crippen molar-refractivity contribution in [2.45, 2.75) is 64.7 Å². The predicted molar refractivity (Wildman–Crippen MR) is 80.1 cm³/mol. The third-order valence-electron chi connectivity index (χ3n) is 3.75. The highest BCUT2D eigenvalue weighted by Gasteiger charge is 2.17. The SMILES string of the molecule is CCCCCCCCC(CCCN)C1=NCCN1. The number of nitrogens with one attached hydrogen (secondary N) is 1. The van der Waals surface area contributed by atoms with Gasteiger partial charge in [0.1, 0.15) is 0 Å². The van der Waals surface area contributed by atoms with Crippen LogP contribution in [0.5, 0.6) is 0 Å². The second-order valence-corrected chi connectivity index (χ2v) is 5.38. The van der Waals surface area contributed by atoms with Crippen molar-refractivity contribution >= 4 is 5.84 Å². The highest BCUT2D eigenvalue weighted by molar-refractivity contribution is 5.85. The average molecular weight is 253 g/mol. The molecule has 1 rings (SSSR count). The molecule has 1 aliphatic rings. The van der Waals surface area contributed by atoms with Gasteiger partial charge < -0.3 is 11.1 Å². The molecule has 3 heteroatoms. The van der Waals surface area contributed by atoms with E-state index in [1.165, 1.54) is 57.2 Å². The number of aliphatic imine (C=N–C) groups is 1. The monoisotopic (exact) mass is 253 g/mol. The van der Waals surface area contributed by atoms with E-state index in [9.17, 15) is 0 Å². The maximum atomic E-state index is 5.62. The van der Waals surface area contributed by atoms with Gasteiger partial charge in [-0.3, -0.25) is 4.99 Å². The maximum absolute atomic E-state index is 5.62. The molecule has 0 saturated carbocycles. The molecule has 0 aromatic heterocycles. The minimum Gasteiger partial charge on any atom is -0.372 e. The van der Waals surface area contributed by atoms with Crippen molar-refractivity contribution < 1.29 is 0 Å². The summed E-state index contributed by atoms with van der Waals surface area (Å²) >= 11 is 0. The van der Waals surface area contributed by atoms with E-state index in [2.05, 4.69) is 17.2 Å². The molecule has 0 fully saturated rings. The number of amidine groups is 1. The Hall–Kier alpha value is -0.570. The zero-order chi connectivity index (χ0) is 13.1. The minimum absolute atomic E-state index is 0.641. The van der Waals surface area contributed by atoms with Crippen molar-refractivity contribution in [2.24, 2.45) is 16.6 Å². The molecule has 1 heterocycles. The van der Waals surface area contributed by atoms with Gasteiger partial charge in [0.2, 0.25) is 0 Å². The Balaban J connectivity index is 2.15. The zero-order valence-electron chi connectivity index (χ0n) is 12.1. The van der Waals surface area contributed by atoms with Crippen LogP contribution in [0.1, 0.15) is 64.7 Å². The van der Waals surface area contributed by atoms with Gasteiger partial charge in [-0.2, -0.15) is 0 Å². The van der Waals surface area contributed by atoms with Gasteiger partial charge in [0.05, 0.1) is 12.4 Å². The molecule has 3 N–H and O–H groups in total. The van der Waals surface area contributed by atoms with Crippen molar-refractivity contribution in [3.05, 3.63) is 0 Å². The summed E-state index contributed by atoms with van der Waals surface area (Å²) < 4.78 is 0. The summed E-state index contributed by atoms with van der Waals surface area (Å²) in [5.41, 5.74) is 5.62. The number of hydrogen-bond donors (Lipinski definition) is 2. The summed E-state index contributed by atoms with van der Waals surface area (Å²) in [6.45, 7) is 5.07. The first-order valence-electron chi connectivity index (χ1n) is 7.86.